The van der Waals surface area contributed by atoms with Crippen LogP contribution >= 0.6 is 0 Å². The van der Waals surface area contributed by atoms with E-state index in [0.717, 1.165) is 17.7 Å². The van der Waals surface area contributed by atoms with Gasteiger partial charge in [-0.25, -0.2) is 0 Å². The molecule has 0 aliphatic carbocycles. The summed E-state index contributed by atoms with van der Waals surface area (Å²) < 4.78 is 0. The van der Waals surface area contributed by atoms with Gasteiger partial charge < -0.3 is 10.6 Å². The second-order valence-electron chi connectivity index (χ2n) is 3.81. The molecule has 0 radical (unpaired) electrons. The fraction of sp³-hybridized carbons (Fsp3) is 0.0714. The maximum absolute atomic E-state index is 11.1. The van der Waals surface area contributed by atoms with Gasteiger partial charge in [-0.05, 0) is 29.8 Å². The zero-order valence-electron chi connectivity index (χ0n) is 9.41. The lowest BCUT2D eigenvalue weighted by Crippen LogP contribution is -2.20. The maximum Gasteiger partial charge on any atom is 0.214 e. The molecule has 0 aromatic heterocycles. The number of anilines is 2. The molecule has 0 aliphatic rings. The zero-order chi connectivity index (χ0) is 12.1. The standard InChI is InChI=1S/C14H14N2O/c15-13-6-8-14(9-7-13)16(11-17)10-12-4-2-1-3-5-12/h1-9,11H,10,15H2. The number of hydrogen-bond acceptors (Lipinski definition) is 2. The summed E-state index contributed by atoms with van der Waals surface area (Å²) in [5, 5.41) is 0. The molecule has 0 aliphatic heterocycles. The van der Waals surface area contributed by atoms with E-state index in [9.17, 15) is 4.79 Å². The van der Waals surface area contributed by atoms with Crippen molar-refractivity contribution >= 4 is 17.8 Å². The Labute approximate surface area is 100 Å². The van der Waals surface area contributed by atoms with Crippen LogP contribution in [-0.2, 0) is 11.3 Å². The Morgan fingerprint density at radius 2 is 1.65 bits per heavy atom. The highest BCUT2D eigenvalue weighted by molar-refractivity contribution is 5.75. The van der Waals surface area contributed by atoms with E-state index in [0.29, 0.717) is 12.2 Å². The quantitative estimate of drug-likeness (QED) is 0.643. The number of nitrogens with zero attached hydrogens (tertiary/aromatic N) is 1. The van der Waals surface area contributed by atoms with E-state index < -0.39 is 0 Å². The first kappa shape index (κ1) is 11.2. The van der Waals surface area contributed by atoms with Crippen molar-refractivity contribution in [2.45, 2.75) is 6.54 Å². The highest BCUT2D eigenvalue weighted by Crippen LogP contribution is 2.17. The summed E-state index contributed by atoms with van der Waals surface area (Å²) in [6.45, 7) is 0.564. The van der Waals surface area contributed by atoms with Gasteiger partial charge in [0, 0.05) is 11.4 Å². The lowest BCUT2D eigenvalue weighted by Gasteiger charge is -2.17. The van der Waals surface area contributed by atoms with Gasteiger partial charge in [0.05, 0.1) is 6.54 Å². The van der Waals surface area contributed by atoms with Crippen molar-refractivity contribution in [2.75, 3.05) is 10.6 Å². The monoisotopic (exact) mass is 226 g/mol. The zero-order valence-corrected chi connectivity index (χ0v) is 9.41. The van der Waals surface area contributed by atoms with Crippen molar-refractivity contribution in [1.29, 1.82) is 0 Å². The number of carbonyl (C=O) groups is 1. The molecule has 1 amide bonds. The summed E-state index contributed by atoms with van der Waals surface area (Å²) in [6.07, 6.45) is 0.832. The van der Waals surface area contributed by atoms with Crippen molar-refractivity contribution in [3.63, 3.8) is 0 Å². The summed E-state index contributed by atoms with van der Waals surface area (Å²) in [5.41, 5.74) is 8.25. The molecule has 2 aromatic rings. The largest absolute Gasteiger partial charge is 0.399 e. The molecule has 2 aromatic carbocycles. The molecule has 0 unspecified atom stereocenters. The minimum absolute atomic E-state index is 0.564. The molecule has 86 valence electrons. The minimum atomic E-state index is 0.564. The van der Waals surface area contributed by atoms with Crippen LogP contribution in [0.25, 0.3) is 0 Å². The molecule has 0 bridgehead atoms. The molecule has 0 saturated carbocycles. The summed E-state index contributed by atoms with van der Waals surface area (Å²) in [7, 11) is 0. The second-order valence-corrected chi connectivity index (χ2v) is 3.81. The Balaban J connectivity index is 2.17. The summed E-state index contributed by atoms with van der Waals surface area (Å²) in [6, 6.07) is 17.1. The maximum atomic E-state index is 11.1. The molecular weight excluding hydrogens is 212 g/mol. The Kier molecular flexibility index (Phi) is 3.40. The van der Waals surface area contributed by atoms with Crippen molar-refractivity contribution in [2.24, 2.45) is 0 Å². The van der Waals surface area contributed by atoms with E-state index in [1.807, 2.05) is 42.5 Å². The van der Waals surface area contributed by atoms with Gasteiger partial charge in [-0.3, -0.25) is 4.79 Å². The number of rotatable bonds is 4. The SMILES string of the molecule is Nc1ccc(N(C=O)Cc2ccccc2)cc1. The third kappa shape index (κ3) is 2.84. The van der Waals surface area contributed by atoms with Crippen LogP contribution in [-0.4, -0.2) is 6.41 Å². The van der Waals surface area contributed by atoms with Gasteiger partial charge in [0.1, 0.15) is 0 Å². The molecular formula is C14H14N2O. The number of amides is 1. The molecule has 0 heterocycles. The van der Waals surface area contributed by atoms with E-state index in [4.69, 9.17) is 5.73 Å². The van der Waals surface area contributed by atoms with Crippen LogP contribution in [0.15, 0.2) is 54.6 Å². The second kappa shape index (κ2) is 5.16. The first-order chi connectivity index (χ1) is 8.29. The predicted molar refractivity (Wildman–Crippen MR) is 69.5 cm³/mol. The van der Waals surface area contributed by atoms with E-state index in [1.54, 1.807) is 17.0 Å². The fourth-order valence-electron chi connectivity index (χ4n) is 1.64. The van der Waals surface area contributed by atoms with Crippen LogP contribution in [0.4, 0.5) is 11.4 Å². The number of benzene rings is 2. The first-order valence-electron chi connectivity index (χ1n) is 5.41. The third-order valence-corrected chi connectivity index (χ3v) is 2.55. The van der Waals surface area contributed by atoms with Crippen molar-refractivity contribution in [3.05, 3.63) is 60.2 Å². The molecule has 17 heavy (non-hydrogen) atoms. The van der Waals surface area contributed by atoms with E-state index in [2.05, 4.69) is 0 Å². The molecule has 2 rings (SSSR count). The van der Waals surface area contributed by atoms with Gasteiger partial charge in [0.2, 0.25) is 6.41 Å². The normalized spacial score (nSPS) is 9.88. The molecule has 0 fully saturated rings. The Bertz CT molecular complexity index is 479. The smallest absolute Gasteiger partial charge is 0.214 e. The number of carbonyl (C=O) groups excluding carboxylic acids is 1. The number of nitrogen functional groups attached to an aromatic ring is 1. The van der Waals surface area contributed by atoms with Gasteiger partial charge in [-0.1, -0.05) is 30.3 Å². The third-order valence-electron chi connectivity index (χ3n) is 2.55. The summed E-state index contributed by atoms with van der Waals surface area (Å²) >= 11 is 0. The van der Waals surface area contributed by atoms with Gasteiger partial charge in [-0.2, -0.15) is 0 Å². The average Bonchev–Trinajstić information content (AvgIpc) is 2.38. The Morgan fingerprint density at radius 3 is 2.24 bits per heavy atom. The molecule has 3 heteroatoms. The highest BCUT2D eigenvalue weighted by atomic mass is 16.1. The van der Waals surface area contributed by atoms with Crippen LogP contribution in [0.5, 0.6) is 0 Å². The molecule has 0 spiro atoms. The van der Waals surface area contributed by atoms with Crippen LogP contribution < -0.4 is 10.6 Å². The number of nitrogens with two attached hydrogens (primary N) is 1. The lowest BCUT2D eigenvalue weighted by molar-refractivity contribution is -0.107. The molecule has 3 nitrogen and oxygen atoms in total. The van der Waals surface area contributed by atoms with Crippen LogP contribution in [0.1, 0.15) is 5.56 Å². The Hall–Kier alpha value is -2.29. The van der Waals surface area contributed by atoms with Crippen molar-refractivity contribution in [1.82, 2.24) is 0 Å². The summed E-state index contributed by atoms with van der Waals surface area (Å²) in [5.74, 6) is 0. The van der Waals surface area contributed by atoms with E-state index >= 15 is 0 Å². The van der Waals surface area contributed by atoms with Gasteiger partial charge in [-0.15, -0.1) is 0 Å². The minimum Gasteiger partial charge on any atom is -0.399 e. The van der Waals surface area contributed by atoms with Gasteiger partial charge in [0.25, 0.3) is 0 Å². The fourth-order valence-corrected chi connectivity index (χ4v) is 1.64. The van der Waals surface area contributed by atoms with Crippen molar-refractivity contribution < 1.29 is 4.79 Å². The highest BCUT2D eigenvalue weighted by Gasteiger charge is 2.05. The average molecular weight is 226 g/mol. The van der Waals surface area contributed by atoms with Crippen LogP contribution in [0.2, 0.25) is 0 Å². The van der Waals surface area contributed by atoms with Crippen LogP contribution in [0.3, 0.4) is 0 Å². The van der Waals surface area contributed by atoms with Gasteiger partial charge in [0.15, 0.2) is 0 Å². The molecule has 0 saturated heterocycles. The van der Waals surface area contributed by atoms with Crippen molar-refractivity contribution in [3.8, 4) is 0 Å². The summed E-state index contributed by atoms with van der Waals surface area (Å²) in [4.78, 5) is 12.7. The first-order valence-corrected chi connectivity index (χ1v) is 5.41. The van der Waals surface area contributed by atoms with Crippen LogP contribution in [0, 0.1) is 0 Å². The number of hydrogen-bond donors (Lipinski definition) is 1. The van der Waals surface area contributed by atoms with Gasteiger partial charge >= 0.3 is 0 Å². The molecule has 2 N–H and O–H groups in total. The Morgan fingerprint density at radius 1 is 1.00 bits per heavy atom. The predicted octanol–water partition coefficient (Wildman–Crippen LogP) is 2.43. The lowest BCUT2D eigenvalue weighted by atomic mass is 10.2. The van der Waals surface area contributed by atoms with E-state index in [1.165, 1.54) is 0 Å². The molecule has 0 atom stereocenters. The van der Waals surface area contributed by atoms with E-state index in [-0.39, 0.29) is 0 Å². The topological polar surface area (TPSA) is 46.3 Å².